The molecule has 0 saturated carbocycles. The average Bonchev–Trinajstić information content (AvgIpc) is 2.16. The van der Waals surface area contributed by atoms with E-state index in [0.717, 1.165) is 0 Å². The van der Waals surface area contributed by atoms with Crippen LogP contribution in [0.1, 0.15) is 17.3 Å². The summed E-state index contributed by atoms with van der Waals surface area (Å²) in [6, 6.07) is 6.20. The van der Waals surface area contributed by atoms with E-state index < -0.39 is 11.4 Å². The summed E-state index contributed by atoms with van der Waals surface area (Å²) >= 11 is 3.12. The van der Waals surface area contributed by atoms with E-state index in [9.17, 15) is 13.6 Å². The number of alkyl halides is 3. The summed E-state index contributed by atoms with van der Waals surface area (Å²) in [5.74, 6) is -0.148. The fraction of sp³-hybridized carbons (Fsp3) is 0.300. The van der Waals surface area contributed by atoms with Gasteiger partial charge in [-0.15, -0.1) is 0 Å². The second-order valence-electron chi connectivity index (χ2n) is 2.89. The molecule has 0 N–H and O–H groups in total. The first-order chi connectivity index (χ1) is 7.02. The molecule has 0 amide bonds. The van der Waals surface area contributed by atoms with Crippen LogP contribution in [-0.4, -0.2) is 12.4 Å². The van der Waals surface area contributed by atoms with Gasteiger partial charge in [-0.3, -0.25) is 4.79 Å². The molecule has 1 atom stereocenters. The van der Waals surface area contributed by atoms with Crippen molar-refractivity contribution >= 4 is 21.7 Å². The van der Waals surface area contributed by atoms with Crippen molar-refractivity contribution < 1.29 is 18.3 Å². The first kappa shape index (κ1) is 12.1. The molecule has 82 valence electrons. The molecule has 0 aliphatic rings. The number of carbonyl (C=O) groups excluding carboxylic acids is 1. The van der Waals surface area contributed by atoms with Crippen molar-refractivity contribution in [3.8, 4) is 5.75 Å². The molecule has 0 saturated heterocycles. The minimum absolute atomic E-state index is 0.0181. The molecular weight excluding hydrogens is 270 g/mol. The van der Waals surface area contributed by atoms with E-state index in [4.69, 9.17) is 0 Å². The lowest BCUT2D eigenvalue weighted by atomic mass is 10.1. The van der Waals surface area contributed by atoms with Gasteiger partial charge in [0.15, 0.2) is 0 Å². The second kappa shape index (κ2) is 5.21. The normalized spacial score (nSPS) is 12.6. The van der Waals surface area contributed by atoms with E-state index in [1.54, 1.807) is 18.2 Å². The third-order valence-corrected chi connectivity index (χ3v) is 2.90. The standard InChI is InChI=1S/C10H9BrF2O2/c1-6(14)9(11)7-4-2-3-5-8(7)15-10(12)13/h2-5,9-10H,1H3. The molecule has 1 aromatic carbocycles. The predicted molar refractivity (Wildman–Crippen MR) is 55.4 cm³/mol. The summed E-state index contributed by atoms with van der Waals surface area (Å²) in [7, 11) is 0. The SMILES string of the molecule is CC(=O)C(Br)c1ccccc1OC(F)F. The third kappa shape index (κ3) is 3.27. The van der Waals surface area contributed by atoms with Crippen LogP contribution in [0.15, 0.2) is 24.3 Å². The molecule has 0 aliphatic heterocycles. The number of hydrogen-bond donors (Lipinski definition) is 0. The van der Waals surface area contributed by atoms with Crippen molar-refractivity contribution in [1.29, 1.82) is 0 Å². The lowest BCUT2D eigenvalue weighted by Crippen LogP contribution is -2.08. The summed E-state index contributed by atoms with van der Waals surface area (Å²) in [5.41, 5.74) is 0.408. The summed E-state index contributed by atoms with van der Waals surface area (Å²) in [6.45, 7) is -1.52. The Balaban J connectivity index is 3.00. The zero-order valence-corrected chi connectivity index (χ0v) is 9.50. The summed E-state index contributed by atoms with van der Waals surface area (Å²) < 4.78 is 28.4. The van der Waals surface area contributed by atoms with Crippen LogP contribution in [0.3, 0.4) is 0 Å². The number of rotatable bonds is 4. The molecule has 2 nitrogen and oxygen atoms in total. The maximum atomic E-state index is 12.0. The van der Waals surface area contributed by atoms with Crippen LogP contribution in [-0.2, 0) is 4.79 Å². The molecule has 0 bridgehead atoms. The Morgan fingerprint density at radius 3 is 2.53 bits per heavy atom. The van der Waals surface area contributed by atoms with Gasteiger partial charge in [0, 0.05) is 5.56 Å². The number of hydrogen-bond acceptors (Lipinski definition) is 2. The largest absolute Gasteiger partial charge is 0.434 e. The number of ether oxygens (including phenoxy) is 1. The van der Waals surface area contributed by atoms with Gasteiger partial charge in [0.25, 0.3) is 0 Å². The van der Waals surface area contributed by atoms with Crippen LogP contribution in [0.4, 0.5) is 8.78 Å². The first-order valence-corrected chi connectivity index (χ1v) is 5.12. The van der Waals surface area contributed by atoms with Crippen molar-refractivity contribution in [3.63, 3.8) is 0 Å². The van der Waals surface area contributed by atoms with Gasteiger partial charge < -0.3 is 4.74 Å². The Bertz CT molecular complexity index is 355. The molecule has 0 spiro atoms. The summed E-state index contributed by atoms with van der Waals surface area (Å²) in [5, 5.41) is 0. The van der Waals surface area contributed by atoms with Crippen molar-refractivity contribution in [2.24, 2.45) is 0 Å². The van der Waals surface area contributed by atoms with Gasteiger partial charge in [-0.2, -0.15) is 8.78 Å². The number of benzene rings is 1. The highest BCUT2D eigenvalue weighted by atomic mass is 79.9. The quantitative estimate of drug-likeness (QED) is 0.790. The van der Waals surface area contributed by atoms with Crippen LogP contribution in [0, 0.1) is 0 Å². The fourth-order valence-corrected chi connectivity index (χ4v) is 1.49. The molecule has 0 radical (unpaired) electrons. The third-order valence-electron chi connectivity index (χ3n) is 1.77. The number of para-hydroxylation sites is 1. The molecule has 0 aliphatic carbocycles. The van der Waals surface area contributed by atoms with Crippen LogP contribution in [0.25, 0.3) is 0 Å². The van der Waals surface area contributed by atoms with Gasteiger partial charge in [-0.1, -0.05) is 34.1 Å². The molecule has 1 aromatic rings. The second-order valence-corrected chi connectivity index (χ2v) is 3.81. The van der Waals surface area contributed by atoms with Gasteiger partial charge in [0.05, 0.1) is 0 Å². The van der Waals surface area contributed by atoms with Crippen LogP contribution >= 0.6 is 15.9 Å². The summed E-state index contributed by atoms with van der Waals surface area (Å²) in [4.78, 5) is 10.5. The van der Waals surface area contributed by atoms with E-state index in [-0.39, 0.29) is 11.5 Å². The Morgan fingerprint density at radius 1 is 1.40 bits per heavy atom. The van der Waals surface area contributed by atoms with Gasteiger partial charge >= 0.3 is 6.61 Å². The topological polar surface area (TPSA) is 26.3 Å². The molecule has 0 heterocycles. The highest BCUT2D eigenvalue weighted by Gasteiger charge is 2.18. The van der Waals surface area contributed by atoms with E-state index in [2.05, 4.69) is 20.7 Å². The number of ketones is 1. The number of carbonyl (C=O) groups is 1. The highest BCUT2D eigenvalue weighted by molar-refractivity contribution is 9.09. The monoisotopic (exact) mass is 278 g/mol. The minimum atomic E-state index is -2.89. The van der Waals surface area contributed by atoms with Crippen molar-refractivity contribution in [2.75, 3.05) is 0 Å². The lowest BCUT2D eigenvalue weighted by Gasteiger charge is -2.12. The zero-order chi connectivity index (χ0) is 11.4. The van der Waals surface area contributed by atoms with Gasteiger partial charge in [0.2, 0.25) is 0 Å². The molecule has 0 fully saturated rings. The van der Waals surface area contributed by atoms with Gasteiger partial charge in [0.1, 0.15) is 16.4 Å². The van der Waals surface area contributed by atoms with E-state index in [0.29, 0.717) is 5.56 Å². The van der Waals surface area contributed by atoms with Crippen molar-refractivity contribution in [1.82, 2.24) is 0 Å². The Hall–Kier alpha value is -0.970. The van der Waals surface area contributed by atoms with E-state index in [1.807, 2.05) is 0 Å². The Morgan fingerprint density at radius 2 is 2.00 bits per heavy atom. The van der Waals surface area contributed by atoms with Crippen LogP contribution in [0.5, 0.6) is 5.75 Å². The van der Waals surface area contributed by atoms with Crippen molar-refractivity contribution in [2.45, 2.75) is 18.4 Å². The van der Waals surface area contributed by atoms with Gasteiger partial charge in [-0.25, -0.2) is 0 Å². The summed E-state index contributed by atoms with van der Waals surface area (Å²) in [6.07, 6.45) is 0. The van der Waals surface area contributed by atoms with E-state index >= 15 is 0 Å². The number of Topliss-reactive ketones (excluding diaryl/α,β-unsaturated/α-hetero) is 1. The molecule has 1 rings (SSSR count). The van der Waals surface area contributed by atoms with Crippen LogP contribution < -0.4 is 4.74 Å². The number of halogens is 3. The zero-order valence-electron chi connectivity index (χ0n) is 7.91. The van der Waals surface area contributed by atoms with Crippen molar-refractivity contribution in [3.05, 3.63) is 29.8 Å². The maximum absolute atomic E-state index is 12.0. The van der Waals surface area contributed by atoms with Gasteiger partial charge in [-0.05, 0) is 13.0 Å². The minimum Gasteiger partial charge on any atom is -0.434 e. The first-order valence-electron chi connectivity index (χ1n) is 4.20. The molecule has 0 aromatic heterocycles. The fourth-order valence-electron chi connectivity index (χ4n) is 1.11. The molecule has 1 unspecified atom stereocenters. The Kier molecular flexibility index (Phi) is 4.20. The lowest BCUT2D eigenvalue weighted by molar-refractivity contribution is -0.116. The van der Waals surface area contributed by atoms with Crippen LogP contribution in [0.2, 0.25) is 0 Å². The predicted octanol–water partition coefficient (Wildman–Crippen LogP) is 3.31. The average molecular weight is 279 g/mol. The smallest absolute Gasteiger partial charge is 0.387 e. The Labute approximate surface area is 94.4 Å². The highest BCUT2D eigenvalue weighted by Crippen LogP contribution is 2.32. The molecule has 15 heavy (non-hydrogen) atoms. The maximum Gasteiger partial charge on any atom is 0.387 e. The molecule has 5 heteroatoms. The molecular formula is C10H9BrF2O2. The van der Waals surface area contributed by atoms with E-state index in [1.165, 1.54) is 13.0 Å².